The van der Waals surface area contributed by atoms with Crippen LogP contribution in [0.2, 0.25) is 0 Å². The molecule has 2 nitrogen and oxygen atoms in total. The summed E-state index contributed by atoms with van der Waals surface area (Å²) in [6, 6.07) is 8.63. The van der Waals surface area contributed by atoms with Gasteiger partial charge in [-0.25, -0.2) is 0 Å². The first-order chi connectivity index (χ1) is 9.06. The zero-order valence-electron chi connectivity index (χ0n) is 12.0. The third-order valence-corrected chi connectivity index (χ3v) is 5.47. The maximum atomic E-state index is 6.62. The number of nitrogens with two attached hydrogens (primary N) is 1. The minimum Gasteiger partial charge on any atom is -0.326 e. The first-order valence-corrected chi connectivity index (χ1v) is 8.02. The van der Waals surface area contributed by atoms with Gasteiger partial charge in [0.25, 0.3) is 0 Å². The summed E-state index contributed by atoms with van der Waals surface area (Å²) in [6.45, 7) is 0. The largest absolute Gasteiger partial charge is 0.326 e. The molecule has 3 heteroatoms. The van der Waals surface area contributed by atoms with E-state index in [4.69, 9.17) is 5.73 Å². The summed E-state index contributed by atoms with van der Waals surface area (Å²) < 4.78 is 1.18. The van der Waals surface area contributed by atoms with Crippen molar-refractivity contribution in [2.75, 3.05) is 14.1 Å². The number of benzene rings is 1. The van der Waals surface area contributed by atoms with Crippen LogP contribution in [0.3, 0.4) is 0 Å². The highest BCUT2D eigenvalue weighted by Gasteiger charge is 2.39. The van der Waals surface area contributed by atoms with E-state index in [0.29, 0.717) is 0 Å². The molecule has 1 aromatic rings. The third-order valence-electron chi connectivity index (χ3n) is 4.70. The van der Waals surface area contributed by atoms with Crippen molar-refractivity contribution in [3.8, 4) is 0 Å². The Labute approximate surface area is 125 Å². The molecular formula is C16H25BrN2. The smallest absolute Gasteiger partial charge is 0.0357 e. The second kappa shape index (κ2) is 6.38. The van der Waals surface area contributed by atoms with Crippen LogP contribution in [0.4, 0.5) is 0 Å². The van der Waals surface area contributed by atoms with Crippen LogP contribution in [0.25, 0.3) is 0 Å². The highest BCUT2D eigenvalue weighted by Crippen LogP contribution is 2.36. The van der Waals surface area contributed by atoms with Gasteiger partial charge in [0, 0.05) is 16.1 Å². The van der Waals surface area contributed by atoms with Crippen molar-refractivity contribution in [1.29, 1.82) is 0 Å². The van der Waals surface area contributed by atoms with Gasteiger partial charge in [0.15, 0.2) is 0 Å². The van der Waals surface area contributed by atoms with Crippen LogP contribution in [0.1, 0.15) is 37.7 Å². The summed E-state index contributed by atoms with van der Waals surface area (Å²) >= 11 is 3.63. The molecule has 0 bridgehead atoms. The quantitative estimate of drug-likeness (QED) is 0.917. The minimum atomic E-state index is 0.174. The minimum absolute atomic E-state index is 0.174. The Morgan fingerprint density at radius 2 is 1.84 bits per heavy atom. The van der Waals surface area contributed by atoms with E-state index in [9.17, 15) is 0 Å². The Hall–Kier alpha value is -0.380. The Morgan fingerprint density at radius 1 is 1.21 bits per heavy atom. The number of nitrogens with zero attached hydrogens (tertiary/aromatic N) is 1. The number of halogens is 1. The normalized spacial score (nSPS) is 20.5. The predicted molar refractivity (Wildman–Crippen MR) is 85.3 cm³/mol. The first-order valence-electron chi connectivity index (χ1n) is 7.23. The molecule has 0 heterocycles. The highest BCUT2D eigenvalue weighted by atomic mass is 79.9. The predicted octanol–water partition coefficient (Wildman–Crippen LogP) is 3.58. The van der Waals surface area contributed by atoms with Gasteiger partial charge in [0.2, 0.25) is 0 Å². The van der Waals surface area contributed by atoms with E-state index in [1.54, 1.807) is 0 Å². The molecule has 0 aliphatic heterocycles. The molecule has 19 heavy (non-hydrogen) atoms. The topological polar surface area (TPSA) is 29.3 Å². The summed E-state index contributed by atoms with van der Waals surface area (Å²) in [5.74, 6) is 0. The van der Waals surface area contributed by atoms with E-state index in [1.807, 2.05) is 0 Å². The van der Waals surface area contributed by atoms with Gasteiger partial charge in [-0.2, -0.15) is 0 Å². The summed E-state index contributed by atoms with van der Waals surface area (Å²) in [7, 11) is 4.37. The molecule has 2 N–H and O–H groups in total. The number of rotatable bonds is 4. The fourth-order valence-corrected chi connectivity index (χ4v) is 3.85. The molecule has 0 radical (unpaired) electrons. The van der Waals surface area contributed by atoms with Crippen molar-refractivity contribution in [2.45, 2.75) is 50.1 Å². The molecule has 0 saturated heterocycles. The Balaban J connectivity index is 2.16. The monoisotopic (exact) mass is 324 g/mol. The van der Waals surface area contributed by atoms with Gasteiger partial charge in [-0.15, -0.1) is 0 Å². The van der Waals surface area contributed by atoms with Crippen LogP contribution in [0, 0.1) is 0 Å². The Kier molecular flexibility index (Phi) is 5.04. The van der Waals surface area contributed by atoms with Gasteiger partial charge in [-0.05, 0) is 45.0 Å². The van der Waals surface area contributed by atoms with E-state index < -0.39 is 0 Å². The molecule has 0 spiro atoms. The summed E-state index contributed by atoms with van der Waals surface area (Å²) in [5, 5.41) is 0. The van der Waals surface area contributed by atoms with Crippen molar-refractivity contribution in [3.05, 3.63) is 34.3 Å². The maximum Gasteiger partial charge on any atom is 0.0357 e. The molecule has 1 fully saturated rings. The van der Waals surface area contributed by atoms with Crippen LogP contribution < -0.4 is 5.73 Å². The van der Waals surface area contributed by atoms with Crippen LogP contribution in [0.5, 0.6) is 0 Å². The Bertz CT molecular complexity index is 411. The molecule has 106 valence electrons. The maximum absolute atomic E-state index is 6.62. The van der Waals surface area contributed by atoms with Gasteiger partial charge in [0.05, 0.1) is 0 Å². The lowest BCUT2D eigenvalue weighted by atomic mass is 9.74. The average Bonchev–Trinajstić information content (AvgIpc) is 2.42. The van der Waals surface area contributed by atoms with Gasteiger partial charge in [-0.3, -0.25) is 0 Å². The molecule has 1 aliphatic rings. The molecule has 1 saturated carbocycles. The number of hydrogen-bond acceptors (Lipinski definition) is 2. The fraction of sp³-hybridized carbons (Fsp3) is 0.625. The van der Waals surface area contributed by atoms with Crippen molar-refractivity contribution >= 4 is 15.9 Å². The third kappa shape index (κ3) is 3.21. The van der Waals surface area contributed by atoms with Crippen LogP contribution in [-0.2, 0) is 6.42 Å². The van der Waals surface area contributed by atoms with Gasteiger partial charge in [0.1, 0.15) is 0 Å². The standard InChI is InChI=1S/C16H25BrN2/c1-19(2)16(10-6-3-7-11-16)15(18)12-13-8-4-5-9-14(13)17/h4-5,8-9,15H,3,6-7,10-12,18H2,1-2H3. The van der Waals surface area contributed by atoms with Gasteiger partial charge < -0.3 is 10.6 Å². The lowest BCUT2D eigenvalue weighted by Crippen LogP contribution is -2.59. The molecule has 1 atom stereocenters. The lowest BCUT2D eigenvalue weighted by molar-refractivity contribution is 0.0715. The van der Waals surface area contributed by atoms with Crippen LogP contribution in [0.15, 0.2) is 28.7 Å². The SMILES string of the molecule is CN(C)C1(C(N)Cc2ccccc2Br)CCCCC1. The van der Waals surface area contributed by atoms with E-state index in [1.165, 1.54) is 42.1 Å². The van der Waals surface area contributed by atoms with Gasteiger partial charge >= 0.3 is 0 Å². The van der Waals surface area contributed by atoms with Gasteiger partial charge in [-0.1, -0.05) is 53.4 Å². The van der Waals surface area contributed by atoms with Crippen molar-refractivity contribution in [1.82, 2.24) is 4.90 Å². The van der Waals surface area contributed by atoms with E-state index in [2.05, 4.69) is 59.2 Å². The first kappa shape index (κ1) is 15.0. The van der Waals surface area contributed by atoms with Crippen molar-refractivity contribution in [2.24, 2.45) is 5.73 Å². The van der Waals surface area contributed by atoms with E-state index in [-0.39, 0.29) is 11.6 Å². The zero-order valence-corrected chi connectivity index (χ0v) is 13.6. The van der Waals surface area contributed by atoms with Crippen LogP contribution >= 0.6 is 15.9 Å². The molecule has 1 unspecified atom stereocenters. The molecular weight excluding hydrogens is 300 g/mol. The molecule has 1 aromatic carbocycles. The summed E-state index contributed by atoms with van der Waals surface area (Å²) in [4.78, 5) is 2.37. The van der Waals surface area contributed by atoms with Crippen molar-refractivity contribution < 1.29 is 0 Å². The zero-order chi connectivity index (χ0) is 13.9. The van der Waals surface area contributed by atoms with E-state index in [0.717, 1.165) is 6.42 Å². The second-order valence-corrected chi connectivity index (χ2v) is 6.82. The Morgan fingerprint density at radius 3 is 2.42 bits per heavy atom. The lowest BCUT2D eigenvalue weighted by Gasteiger charge is -2.47. The number of hydrogen-bond donors (Lipinski definition) is 1. The summed E-state index contributed by atoms with van der Waals surface area (Å²) in [5.41, 5.74) is 8.12. The fourth-order valence-electron chi connectivity index (χ4n) is 3.40. The number of likely N-dealkylation sites (N-methyl/N-ethyl adjacent to an activating group) is 1. The molecule has 0 amide bonds. The molecule has 2 rings (SSSR count). The second-order valence-electron chi connectivity index (χ2n) is 5.96. The van der Waals surface area contributed by atoms with E-state index >= 15 is 0 Å². The molecule has 0 aromatic heterocycles. The van der Waals surface area contributed by atoms with Crippen LogP contribution in [-0.4, -0.2) is 30.6 Å². The molecule has 1 aliphatic carbocycles. The average molecular weight is 325 g/mol. The van der Waals surface area contributed by atoms with Crippen molar-refractivity contribution in [3.63, 3.8) is 0 Å². The highest BCUT2D eigenvalue weighted by molar-refractivity contribution is 9.10. The summed E-state index contributed by atoms with van der Waals surface area (Å²) in [6.07, 6.45) is 7.37.